The van der Waals surface area contributed by atoms with E-state index in [4.69, 9.17) is 4.74 Å². The number of benzene rings is 1. The van der Waals surface area contributed by atoms with Gasteiger partial charge in [0.25, 0.3) is 0 Å². The third-order valence-electron chi connectivity index (χ3n) is 3.03. The minimum absolute atomic E-state index is 0.207. The van der Waals surface area contributed by atoms with Crippen molar-refractivity contribution in [2.75, 3.05) is 11.9 Å². The molecule has 0 amide bonds. The summed E-state index contributed by atoms with van der Waals surface area (Å²) in [5.41, 5.74) is 0.712. The van der Waals surface area contributed by atoms with E-state index in [1.807, 2.05) is 0 Å². The lowest BCUT2D eigenvalue weighted by atomic mass is 10.2. The van der Waals surface area contributed by atoms with Crippen molar-refractivity contribution < 1.29 is 9.13 Å². The van der Waals surface area contributed by atoms with Crippen molar-refractivity contribution in [3.63, 3.8) is 0 Å². The first-order chi connectivity index (χ1) is 8.22. The van der Waals surface area contributed by atoms with Crippen molar-refractivity contribution >= 4 is 26.7 Å². The molecule has 1 aliphatic rings. The largest absolute Gasteiger partial charge is 0.376 e. The fourth-order valence-corrected chi connectivity index (χ4v) is 2.95. The quantitative estimate of drug-likeness (QED) is 0.892. The highest BCUT2D eigenvalue weighted by Crippen LogP contribution is 2.28. The van der Waals surface area contributed by atoms with E-state index in [2.05, 4.69) is 17.2 Å². The molecule has 17 heavy (non-hydrogen) atoms. The predicted molar refractivity (Wildman–Crippen MR) is 67.0 cm³/mol. The van der Waals surface area contributed by atoms with Gasteiger partial charge in [0.1, 0.15) is 5.82 Å². The van der Waals surface area contributed by atoms with Crippen LogP contribution in [-0.2, 0) is 4.74 Å². The smallest absolute Gasteiger partial charge is 0.184 e. The number of fused-ring (bicyclic) bond motifs is 1. The number of hydrogen-bond acceptors (Lipinski definition) is 4. The first-order valence-electron chi connectivity index (χ1n) is 5.66. The van der Waals surface area contributed by atoms with Crippen LogP contribution < -0.4 is 5.32 Å². The molecule has 5 heteroatoms. The van der Waals surface area contributed by atoms with E-state index in [9.17, 15) is 4.39 Å². The Morgan fingerprint density at radius 3 is 3.18 bits per heavy atom. The zero-order valence-corrected chi connectivity index (χ0v) is 10.3. The third kappa shape index (κ3) is 2.12. The van der Waals surface area contributed by atoms with Gasteiger partial charge in [0.2, 0.25) is 0 Å². The lowest BCUT2D eigenvalue weighted by Crippen LogP contribution is -2.26. The zero-order chi connectivity index (χ0) is 11.8. The number of nitrogens with one attached hydrogen (secondary N) is 1. The van der Waals surface area contributed by atoms with Crippen LogP contribution in [0.4, 0.5) is 9.52 Å². The van der Waals surface area contributed by atoms with Crippen LogP contribution in [0.3, 0.4) is 0 Å². The molecule has 1 aromatic carbocycles. The molecule has 2 heterocycles. The van der Waals surface area contributed by atoms with E-state index in [1.165, 1.54) is 12.1 Å². The maximum atomic E-state index is 13.0. The Balaban J connectivity index is 1.85. The van der Waals surface area contributed by atoms with Gasteiger partial charge in [0.05, 0.1) is 22.4 Å². The minimum Gasteiger partial charge on any atom is -0.376 e. The summed E-state index contributed by atoms with van der Waals surface area (Å²) < 4.78 is 19.5. The molecule has 2 unspecified atom stereocenters. The average Bonchev–Trinajstić information content (AvgIpc) is 2.85. The van der Waals surface area contributed by atoms with Gasteiger partial charge in [-0.2, -0.15) is 0 Å². The number of thiazole rings is 1. The number of ether oxygens (including phenoxy) is 1. The van der Waals surface area contributed by atoms with Gasteiger partial charge < -0.3 is 10.1 Å². The SMILES string of the molecule is CC1OCCC1Nc1nc2cc(F)ccc2s1. The Morgan fingerprint density at radius 2 is 2.41 bits per heavy atom. The van der Waals surface area contributed by atoms with Gasteiger partial charge in [-0.1, -0.05) is 11.3 Å². The van der Waals surface area contributed by atoms with Gasteiger partial charge >= 0.3 is 0 Å². The third-order valence-corrected chi connectivity index (χ3v) is 4.00. The summed E-state index contributed by atoms with van der Waals surface area (Å²) in [5, 5.41) is 4.20. The van der Waals surface area contributed by atoms with Gasteiger partial charge in [-0.25, -0.2) is 9.37 Å². The maximum Gasteiger partial charge on any atom is 0.184 e. The van der Waals surface area contributed by atoms with Crippen LogP contribution in [0.25, 0.3) is 10.2 Å². The molecule has 0 saturated carbocycles. The first-order valence-corrected chi connectivity index (χ1v) is 6.48. The van der Waals surface area contributed by atoms with E-state index >= 15 is 0 Å². The van der Waals surface area contributed by atoms with E-state index in [-0.39, 0.29) is 11.9 Å². The van der Waals surface area contributed by atoms with Crippen LogP contribution in [-0.4, -0.2) is 23.7 Å². The molecule has 1 saturated heterocycles. The van der Waals surface area contributed by atoms with Gasteiger partial charge in [-0.15, -0.1) is 0 Å². The van der Waals surface area contributed by atoms with Crippen molar-refractivity contribution in [3.8, 4) is 0 Å². The molecule has 0 radical (unpaired) electrons. The molecular weight excluding hydrogens is 239 g/mol. The van der Waals surface area contributed by atoms with E-state index < -0.39 is 0 Å². The van der Waals surface area contributed by atoms with Gasteiger partial charge in [-0.05, 0) is 25.5 Å². The Morgan fingerprint density at radius 1 is 1.53 bits per heavy atom. The molecule has 1 aliphatic heterocycles. The fourth-order valence-electron chi connectivity index (χ4n) is 2.04. The Hall–Kier alpha value is -1.20. The van der Waals surface area contributed by atoms with Crippen molar-refractivity contribution in [1.82, 2.24) is 4.98 Å². The summed E-state index contributed by atoms with van der Waals surface area (Å²) >= 11 is 1.55. The molecule has 1 fully saturated rings. The van der Waals surface area contributed by atoms with Crippen molar-refractivity contribution in [2.45, 2.75) is 25.5 Å². The van der Waals surface area contributed by atoms with Crippen LogP contribution >= 0.6 is 11.3 Å². The molecule has 2 aromatic rings. The molecule has 0 spiro atoms. The summed E-state index contributed by atoms with van der Waals surface area (Å²) in [6.07, 6.45) is 1.20. The summed E-state index contributed by atoms with van der Waals surface area (Å²) in [4.78, 5) is 4.38. The van der Waals surface area contributed by atoms with Crippen LogP contribution in [0.5, 0.6) is 0 Å². The second kappa shape index (κ2) is 4.23. The highest BCUT2D eigenvalue weighted by molar-refractivity contribution is 7.22. The normalized spacial score (nSPS) is 24.4. The number of hydrogen-bond donors (Lipinski definition) is 1. The summed E-state index contributed by atoms with van der Waals surface area (Å²) in [7, 11) is 0. The monoisotopic (exact) mass is 252 g/mol. The fraction of sp³-hybridized carbons (Fsp3) is 0.417. The standard InChI is InChI=1S/C12H13FN2OS/c1-7-9(4-5-16-7)14-12-15-10-6-8(13)2-3-11(10)17-12/h2-3,6-7,9H,4-5H2,1H3,(H,14,15). The van der Waals surface area contributed by atoms with Gasteiger partial charge in [0.15, 0.2) is 5.13 Å². The van der Waals surface area contributed by atoms with Crippen LogP contribution in [0.2, 0.25) is 0 Å². The second-order valence-electron chi connectivity index (χ2n) is 4.25. The van der Waals surface area contributed by atoms with Crippen molar-refractivity contribution in [1.29, 1.82) is 0 Å². The minimum atomic E-state index is -0.244. The number of anilines is 1. The first kappa shape index (κ1) is 10.9. The van der Waals surface area contributed by atoms with Gasteiger partial charge in [-0.3, -0.25) is 0 Å². The van der Waals surface area contributed by atoms with E-state index in [1.54, 1.807) is 17.4 Å². The van der Waals surface area contributed by atoms with E-state index in [0.717, 1.165) is 22.9 Å². The summed E-state index contributed by atoms with van der Waals surface area (Å²) in [6.45, 7) is 2.84. The molecule has 2 atom stereocenters. The lowest BCUT2D eigenvalue weighted by Gasteiger charge is -2.14. The number of nitrogens with zero attached hydrogens (tertiary/aromatic N) is 1. The lowest BCUT2D eigenvalue weighted by molar-refractivity contribution is 0.121. The Labute approximate surface area is 103 Å². The van der Waals surface area contributed by atoms with Crippen molar-refractivity contribution in [3.05, 3.63) is 24.0 Å². The topological polar surface area (TPSA) is 34.1 Å². The molecule has 1 aromatic heterocycles. The van der Waals surface area contributed by atoms with Crippen molar-refractivity contribution in [2.24, 2.45) is 0 Å². The highest BCUT2D eigenvalue weighted by Gasteiger charge is 2.24. The number of rotatable bonds is 2. The van der Waals surface area contributed by atoms with Crippen LogP contribution in [0, 0.1) is 5.82 Å². The second-order valence-corrected chi connectivity index (χ2v) is 5.28. The van der Waals surface area contributed by atoms with Gasteiger partial charge in [0, 0.05) is 12.7 Å². The van der Waals surface area contributed by atoms with E-state index in [0.29, 0.717) is 11.6 Å². The number of halogens is 1. The molecule has 3 rings (SSSR count). The van der Waals surface area contributed by atoms with Crippen LogP contribution in [0.1, 0.15) is 13.3 Å². The molecule has 90 valence electrons. The zero-order valence-electron chi connectivity index (χ0n) is 9.44. The molecular formula is C12H13FN2OS. The summed E-state index contributed by atoms with van der Waals surface area (Å²) in [6, 6.07) is 5.00. The van der Waals surface area contributed by atoms with Crippen LogP contribution in [0.15, 0.2) is 18.2 Å². The number of aromatic nitrogens is 1. The molecule has 3 nitrogen and oxygen atoms in total. The molecule has 1 N–H and O–H groups in total. The Kier molecular flexibility index (Phi) is 2.72. The summed E-state index contributed by atoms with van der Waals surface area (Å²) in [5.74, 6) is -0.244. The predicted octanol–water partition coefficient (Wildman–Crippen LogP) is 3.02. The molecule has 0 aliphatic carbocycles. The molecule has 0 bridgehead atoms. The maximum absolute atomic E-state index is 13.0. The Bertz CT molecular complexity index is 542. The highest BCUT2D eigenvalue weighted by atomic mass is 32.1. The average molecular weight is 252 g/mol.